The van der Waals surface area contributed by atoms with Crippen molar-refractivity contribution in [2.45, 2.75) is 25.7 Å². The highest BCUT2D eigenvalue weighted by molar-refractivity contribution is 7.25. The third kappa shape index (κ3) is 3.20. The highest BCUT2D eigenvalue weighted by Gasteiger charge is 2.23. The topological polar surface area (TPSA) is 43.6 Å². The fraction of sp³-hybridized carbons (Fsp3) is 0.108. The largest absolute Gasteiger partial charge is 0.278 e. The minimum Gasteiger partial charge on any atom is -0.278 e. The van der Waals surface area contributed by atoms with Gasteiger partial charge in [-0.3, -0.25) is 4.57 Å². The Bertz CT molecular complexity index is 2340. The summed E-state index contributed by atoms with van der Waals surface area (Å²) in [6.45, 7) is 0. The minimum atomic E-state index is 0.657. The normalized spacial score (nSPS) is 13.8. The third-order valence-corrected chi connectivity index (χ3v) is 10.3. The first-order chi connectivity index (χ1) is 20.8. The zero-order valence-corrected chi connectivity index (χ0v) is 23.6. The van der Waals surface area contributed by atoms with E-state index in [2.05, 4.69) is 65.2 Å². The van der Waals surface area contributed by atoms with Crippen molar-refractivity contribution in [2.75, 3.05) is 0 Å². The van der Waals surface area contributed by atoms with E-state index in [0.717, 1.165) is 29.5 Å². The van der Waals surface area contributed by atoms with Crippen LogP contribution in [0.2, 0.25) is 0 Å². The van der Waals surface area contributed by atoms with Crippen LogP contribution in [-0.2, 0) is 25.7 Å². The molecule has 0 fully saturated rings. The van der Waals surface area contributed by atoms with Crippen LogP contribution in [0.5, 0.6) is 0 Å². The van der Waals surface area contributed by atoms with E-state index in [-0.39, 0.29) is 0 Å². The first-order valence-electron chi connectivity index (χ1n) is 14.6. The molecule has 0 saturated carbocycles. The molecule has 0 N–H and O–H groups in total. The molecule has 3 aromatic heterocycles. The SMILES string of the molecule is c1ccc(-c2nc(-c3ccccc3)nc(-n3c4cc5c(cc4c4cc6sc7cc8c(cc7c6cc43)CC8)CC5)n2)cc1. The van der Waals surface area contributed by atoms with Crippen molar-refractivity contribution >= 4 is 53.3 Å². The summed E-state index contributed by atoms with van der Waals surface area (Å²) in [7, 11) is 0. The predicted octanol–water partition coefficient (Wildman–Crippen LogP) is 8.87. The number of rotatable bonds is 3. The number of nitrogens with zero attached hydrogens (tertiary/aromatic N) is 4. The zero-order valence-electron chi connectivity index (χ0n) is 22.8. The minimum absolute atomic E-state index is 0.657. The van der Waals surface area contributed by atoms with Gasteiger partial charge in [0.15, 0.2) is 11.6 Å². The molecule has 0 spiro atoms. The Morgan fingerprint density at radius 3 is 1.62 bits per heavy atom. The number of fused-ring (bicyclic) bond motifs is 8. The van der Waals surface area contributed by atoms with Crippen molar-refractivity contribution in [3.8, 4) is 28.7 Å². The molecule has 0 atom stereocenters. The summed E-state index contributed by atoms with van der Waals surface area (Å²) in [6, 6.07) is 34.9. The molecular formula is C37H24N4S. The van der Waals surface area contributed by atoms with Gasteiger partial charge < -0.3 is 0 Å². The average molecular weight is 557 g/mol. The van der Waals surface area contributed by atoms with Crippen molar-refractivity contribution in [1.29, 1.82) is 0 Å². The maximum atomic E-state index is 5.15. The molecule has 5 heteroatoms. The summed E-state index contributed by atoms with van der Waals surface area (Å²) < 4.78 is 5.01. The molecule has 0 bridgehead atoms. The third-order valence-electron chi connectivity index (χ3n) is 9.21. The summed E-state index contributed by atoms with van der Waals surface area (Å²) in [4.78, 5) is 15.3. The molecule has 0 aliphatic heterocycles. The Balaban J connectivity index is 1.32. The summed E-state index contributed by atoms with van der Waals surface area (Å²) >= 11 is 1.92. The monoisotopic (exact) mass is 556 g/mol. The van der Waals surface area contributed by atoms with Gasteiger partial charge in [-0.05, 0) is 84.3 Å². The average Bonchev–Trinajstić information content (AvgIpc) is 3.52. The quantitative estimate of drug-likeness (QED) is 0.218. The molecule has 0 saturated heterocycles. The van der Waals surface area contributed by atoms with Gasteiger partial charge in [0.1, 0.15) is 0 Å². The first kappa shape index (κ1) is 22.8. The zero-order chi connectivity index (χ0) is 27.4. The second-order valence-corrected chi connectivity index (χ2v) is 12.7. The Kier molecular flexibility index (Phi) is 4.52. The molecule has 2 aliphatic carbocycles. The lowest BCUT2D eigenvalue weighted by Gasteiger charge is -2.19. The van der Waals surface area contributed by atoms with Gasteiger partial charge in [0.2, 0.25) is 5.95 Å². The van der Waals surface area contributed by atoms with Crippen LogP contribution in [0.1, 0.15) is 22.3 Å². The number of aromatic nitrogens is 4. The van der Waals surface area contributed by atoms with Gasteiger partial charge in [-0.2, -0.15) is 9.97 Å². The molecule has 10 rings (SSSR count). The van der Waals surface area contributed by atoms with Crippen LogP contribution >= 0.6 is 11.3 Å². The first-order valence-corrected chi connectivity index (χ1v) is 15.4. The lowest BCUT2D eigenvalue weighted by molar-refractivity contribution is 0.842. The van der Waals surface area contributed by atoms with Crippen LogP contribution < -0.4 is 0 Å². The van der Waals surface area contributed by atoms with Crippen LogP contribution in [0.3, 0.4) is 0 Å². The Morgan fingerprint density at radius 1 is 0.476 bits per heavy atom. The highest BCUT2D eigenvalue weighted by Crippen LogP contribution is 2.43. The molecular weight excluding hydrogens is 533 g/mol. The second-order valence-electron chi connectivity index (χ2n) is 11.6. The summed E-state index contributed by atoms with van der Waals surface area (Å²) in [5.74, 6) is 2.02. The number of hydrogen-bond donors (Lipinski definition) is 0. The Morgan fingerprint density at radius 2 is 0.976 bits per heavy atom. The van der Waals surface area contributed by atoms with Gasteiger partial charge in [0, 0.05) is 42.1 Å². The van der Waals surface area contributed by atoms with Crippen LogP contribution in [0, 0.1) is 0 Å². The Hall–Kier alpha value is -4.87. The summed E-state index contributed by atoms with van der Waals surface area (Å²) in [5, 5.41) is 5.22. The van der Waals surface area contributed by atoms with Crippen LogP contribution in [0.4, 0.5) is 0 Å². The summed E-state index contributed by atoms with van der Waals surface area (Å²) in [5.41, 5.74) is 10.2. The van der Waals surface area contributed by atoms with E-state index in [0.29, 0.717) is 17.6 Å². The number of thiophene rings is 1. The lowest BCUT2D eigenvalue weighted by Crippen LogP contribution is -2.09. The molecule has 5 aromatic carbocycles. The van der Waals surface area contributed by atoms with Crippen molar-refractivity contribution in [3.05, 3.63) is 119 Å². The molecule has 8 aromatic rings. The van der Waals surface area contributed by atoms with Crippen molar-refractivity contribution in [2.24, 2.45) is 0 Å². The molecule has 0 radical (unpaired) electrons. The Labute approximate surface area is 245 Å². The van der Waals surface area contributed by atoms with Crippen molar-refractivity contribution in [3.63, 3.8) is 0 Å². The lowest BCUT2D eigenvalue weighted by atomic mass is 9.87. The van der Waals surface area contributed by atoms with E-state index < -0.39 is 0 Å². The van der Waals surface area contributed by atoms with Gasteiger partial charge in [-0.25, -0.2) is 4.98 Å². The van der Waals surface area contributed by atoms with Crippen LogP contribution in [0.15, 0.2) is 97.1 Å². The predicted molar refractivity (Wildman–Crippen MR) is 173 cm³/mol. The van der Waals surface area contributed by atoms with Gasteiger partial charge in [-0.15, -0.1) is 11.3 Å². The number of benzene rings is 5. The van der Waals surface area contributed by atoms with Gasteiger partial charge >= 0.3 is 0 Å². The maximum absolute atomic E-state index is 5.15. The molecule has 0 unspecified atom stereocenters. The molecule has 2 aliphatic rings. The highest BCUT2D eigenvalue weighted by atomic mass is 32.1. The maximum Gasteiger partial charge on any atom is 0.238 e. The van der Waals surface area contributed by atoms with Crippen molar-refractivity contribution in [1.82, 2.24) is 19.5 Å². The van der Waals surface area contributed by atoms with Crippen molar-refractivity contribution < 1.29 is 0 Å². The smallest absolute Gasteiger partial charge is 0.238 e. The van der Waals surface area contributed by atoms with E-state index in [4.69, 9.17) is 15.0 Å². The van der Waals surface area contributed by atoms with E-state index in [1.807, 2.05) is 47.7 Å². The second kappa shape index (κ2) is 8.34. The van der Waals surface area contributed by atoms with E-state index in [1.54, 1.807) is 0 Å². The van der Waals surface area contributed by atoms with Crippen LogP contribution in [0.25, 0.3) is 70.7 Å². The fourth-order valence-corrected chi connectivity index (χ4v) is 7.95. The number of aryl methyl sites for hydroxylation is 4. The van der Waals surface area contributed by atoms with Gasteiger partial charge in [0.05, 0.1) is 11.0 Å². The summed E-state index contributed by atoms with van der Waals surface area (Å²) in [6.07, 6.45) is 4.66. The van der Waals surface area contributed by atoms with E-state index >= 15 is 0 Å². The number of hydrogen-bond acceptors (Lipinski definition) is 4. The van der Waals surface area contributed by atoms with Crippen LogP contribution in [-0.4, -0.2) is 19.5 Å². The van der Waals surface area contributed by atoms with E-state index in [9.17, 15) is 0 Å². The van der Waals surface area contributed by atoms with E-state index in [1.165, 1.54) is 71.6 Å². The standard InChI is InChI=1S/C37H24N4S/c1-3-7-21(8-4-1)35-38-36(22-9-5-2-6-10-22)40-37(39-35)41-31-17-25-13-11-23(25)15-27(31)28-20-34-30(19-32(28)41)29-16-24-12-14-26(24)18-33(29)42-34/h1-10,15-20H,11-14H2. The molecule has 3 heterocycles. The van der Waals surface area contributed by atoms with Gasteiger partial charge in [0.25, 0.3) is 0 Å². The molecule has 42 heavy (non-hydrogen) atoms. The molecule has 0 amide bonds. The molecule has 4 nitrogen and oxygen atoms in total. The fourth-order valence-electron chi connectivity index (χ4n) is 6.78. The van der Waals surface area contributed by atoms with Gasteiger partial charge in [-0.1, -0.05) is 60.7 Å². The molecule has 198 valence electrons.